The van der Waals surface area contributed by atoms with Crippen molar-refractivity contribution >= 4 is 11.6 Å². The summed E-state index contributed by atoms with van der Waals surface area (Å²) in [5, 5.41) is 5.25. The summed E-state index contributed by atoms with van der Waals surface area (Å²) in [7, 11) is 0. The van der Waals surface area contributed by atoms with Crippen LogP contribution in [0.2, 0.25) is 5.02 Å². The van der Waals surface area contributed by atoms with E-state index in [0.717, 1.165) is 37.5 Å². The maximum Gasteiger partial charge on any atom is 0.132 e. The van der Waals surface area contributed by atoms with Gasteiger partial charge >= 0.3 is 0 Å². The molecule has 0 bridgehead atoms. The quantitative estimate of drug-likeness (QED) is 0.866. The molecule has 3 rings (SSSR count). The van der Waals surface area contributed by atoms with E-state index in [1.54, 1.807) is 6.07 Å². The molecular weight excluding hydrogens is 276 g/mol. The summed E-state index contributed by atoms with van der Waals surface area (Å²) in [4.78, 5) is 0. The van der Waals surface area contributed by atoms with Crippen molar-refractivity contribution in [3.8, 4) is 5.75 Å². The third-order valence-corrected chi connectivity index (χ3v) is 3.65. The van der Waals surface area contributed by atoms with Gasteiger partial charge in [0.15, 0.2) is 0 Å². The zero-order valence-electron chi connectivity index (χ0n) is 11.2. The molecule has 1 aliphatic heterocycles. The van der Waals surface area contributed by atoms with Crippen molar-refractivity contribution in [2.24, 2.45) is 0 Å². The Morgan fingerprint density at radius 3 is 2.95 bits per heavy atom. The average molecular weight is 293 g/mol. The van der Waals surface area contributed by atoms with Crippen LogP contribution in [0.4, 0.5) is 0 Å². The SMILES string of the molecule is Clc1cccc(OCc2ccn(C3CCOCC3)n2)c1. The van der Waals surface area contributed by atoms with Gasteiger partial charge in [0, 0.05) is 24.4 Å². The van der Waals surface area contributed by atoms with Crippen LogP contribution in [0.5, 0.6) is 5.75 Å². The molecule has 1 fully saturated rings. The molecular formula is C15H17ClN2O2. The molecule has 106 valence electrons. The summed E-state index contributed by atoms with van der Waals surface area (Å²) >= 11 is 5.92. The Kier molecular flexibility index (Phi) is 4.23. The van der Waals surface area contributed by atoms with Crippen molar-refractivity contribution in [3.05, 3.63) is 47.2 Å². The number of halogens is 1. The smallest absolute Gasteiger partial charge is 0.132 e. The van der Waals surface area contributed by atoms with Crippen LogP contribution in [0.3, 0.4) is 0 Å². The molecule has 1 saturated heterocycles. The van der Waals surface area contributed by atoms with Gasteiger partial charge in [0.1, 0.15) is 12.4 Å². The lowest BCUT2D eigenvalue weighted by atomic mass is 10.1. The highest BCUT2D eigenvalue weighted by Gasteiger charge is 2.16. The zero-order valence-corrected chi connectivity index (χ0v) is 11.9. The molecule has 0 unspecified atom stereocenters. The molecule has 0 atom stereocenters. The summed E-state index contributed by atoms with van der Waals surface area (Å²) in [6.07, 6.45) is 4.07. The maximum absolute atomic E-state index is 5.92. The third kappa shape index (κ3) is 3.32. The first-order valence-corrected chi connectivity index (χ1v) is 7.19. The monoisotopic (exact) mass is 292 g/mol. The largest absolute Gasteiger partial charge is 0.487 e. The Labute approximate surface area is 123 Å². The summed E-state index contributed by atoms with van der Waals surface area (Å²) in [5.41, 5.74) is 0.927. The van der Waals surface area contributed by atoms with Gasteiger partial charge in [0.05, 0.1) is 11.7 Å². The molecule has 20 heavy (non-hydrogen) atoms. The number of aromatic nitrogens is 2. The van der Waals surface area contributed by atoms with Crippen LogP contribution in [0.15, 0.2) is 36.5 Å². The van der Waals surface area contributed by atoms with E-state index in [2.05, 4.69) is 5.10 Å². The van der Waals surface area contributed by atoms with Gasteiger partial charge in [-0.05, 0) is 37.1 Å². The first-order valence-electron chi connectivity index (χ1n) is 6.81. The predicted molar refractivity (Wildman–Crippen MR) is 77.1 cm³/mol. The van der Waals surface area contributed by atoms with Crippen LogP contribution in [-0.2, 0) is 11.3 Å². The average Bonchev–Trinajstić information content (AvgIpc) is 2.95. The number of hydrogen-bond donors (Lipinski definition) is 0. The minimum absolute atomic E-state index is 0.448. The molecule has 2 heterocycles. The first kappa shape index (κ1) is 13.5. The van der Waals surface area contributed by atoms with Crippen molar-refractivity contribution in [1.29, 1.82) is 0 Å². The third-order valence-electron chi connectivity index (χ3n) is 3.41. The van der Waals surface area contributed by atoms with Crippen molar-refractivity contribution in [3.63, 3.8) is 0 Å². The fourth-order valence-corrected chi connectivity index (χ4v) is 2.50. The van der Waals surface area contributed by atoms with E-state index in [1.165, 1.54) is 0 Å². The number of rotatable bonds is 4. The topological polar surface area (TPSA) is 36.3 Å². The van der Waals surface area contributed by atoms with Crippen LogP contribution >= 0.6 is 11.6 Å². The van der Waals surface area contributed by atoms with Crippen LogP contribution in [0.1, 0.15) is 24.6 Å². The van der Waals surface area contributed by atoms with E-state index >= 15 is 0 Å². The van der Waals surface area contributed by atoms with E-state index in [-0.39, 0.29) is 0 Å². The molecule has 0 saturated carbocycles. The fourth-order valence-electron chi connectivity index (χ4n) is 2.32. The van der Waals surface area contributed by atoms with E-state index in [0.29, 0.717) is 17.7 Å². The van der Waals surface area contributed by atoms with Crippen LogP contribution in [0, 0.1) is 0 Å². The van der Waals surface area contributed by atoms with E-state index in [9.17, 15) is 0 Å². The highest BCUT2D eigenvalue weighted by molar-refractivity contribution is 6.30. The Bertz CT molecular complexity index is 565. The molecule has 0 amide bonds. The van der Waals surface area contributed by atoms with Gasteiger partial charge in [-0.15, -0.1) is 0 Å². The molecule has 1 aromatic carbocycles. The van der Waals surface area contributed by atoms with Gasteiger partial charge in [0.25, 0.3) is 0 Å². The highest BCUT2D eigenvalue weighted by Crippen LogP contribution is 2.21. The summed E-state index contributed by atoms with van der Waals surface area (Å²) in [6.45, 7) is 2.09. The predicted octanol–water partition coefficient (Wildman–Crippen LogP) is 3.47. The molecule has 4 nitrogen and oxygen atoms in total. The maximum atomic E-state index is 5.92. The van der Waals surface area contributed by atoms with Gasteiger partial charge in [-0.25, -0.2) is 0 Å². The van der Waals surface area contributed by atoms with Gasteiger partial charge in [-0.2, -0.15) is 5.10 Å². The molecule has 5 heteroatoms. The van der Waals surface area contributed by atoms with Crippen molar-refractivity contribution in [2.75, 3.05) is 13.2 Å². The van der Waals surface area contributed by atoms with Gasteiger partial charge in [-0.1, -0.05) is 17.7 Å². The van der Waals surface area contributed by atoms with E-state index in [4.69, 9.17) is 21.1 Å². The summed E-state index contributed by atoms with van der Waals surface area (Å²) in [5.74, 6) is 0.762. The Morgan fingerprint density at radius 2 is 2.15 bits per heavy atom. The number of hydrogen-bond acceptors (Lipinski definition) is 3. The Morgan fingerprint density at radius 1 is 1.30 bits per heavy atom. The van der Waals surface area contributed by atoms with E-state index in [1.807, 2.05) is 35.1 Å². The minimum Gasteiger partial charge on any atom is -0.487 e. The lowest BCUT2D eigenvalue weighted by molar-refractivity contribution is 0.0660. The summed E-state index contributed by atoms with van der Waals surface area (Å²) < 4.78 is 13.1. The Balaban J connectivity index is 1.59. The van der Waals surface area contributed by atoms with Crippen molar-refractivity contribution < 1.29 is 9.47 Å². The normalized spacial score (nSPS) is 16.2. The second-order valence-corrected chi connectivity index (χ2v) is 5.31. The second-order valence-electron chi connectivity index (χ2n) is 4.88. The van der Waals surface area contributed by atoms with Crippen LogP contribution in [-0.4, -0.2) is 23.0 Å². The highest BCUT2D eigenvalue weighted by atomic mass is 35.5. The molecule has 0 spiro atoms. The van der Waals surface area contributed by atoms with E-state index < -0.39 is 0 Å². The summed E-state index contributed by atoms with van der Waals surface area (Å²) in [6, 6.07) is 9.84. The van der Waals surface area contributed by atoms with Gasteiger partial charge in [-0.3, -0.25) is 4.68 Å². The number of ether oxygens (including phenoxy) is 2. The standard InChI is InChI=1S/C15H17ClN2O2/c16-12-2-1-3-15(10-12)20-11-13-4-7-18(17-13)14-5-8-19-9-6-14/h1-4,7,10,14H,5-6,8-9,11H2. The zero-order chi connectivity index (χ0) is 13.8. The van der Waals surface area contributed by atoms with Crippen molar-refractivity contribution in [2.45, 2.75) is 25.5 Å². The van der Waals surface area contributed by atoms with Crippen molar-refractivity contribution in [1.82, 2.24) is 9.78 Å². The fraction of sp³-hybridized carbons (Fsp3) is 0.400. The van der Waals surface area contributed by atoms with Gasteiger partial charge < -0.3 is 9.47 Å². The van der Waals surface area contributed by atoms with Gasteiger partial charge in [0.2, 0.25) is 0 Å². The molecule has 0 radical (unpaired) electrons. The molecule has 1 aromatic heterocycles. The number of nitrogens with zero attached hydrogens (tertiary/aromatic N) is 2. The lowest BCUT2D eigenvalue weighted by Gasteiger charge is -2.22. The number of benzene rings is 1. The van der Waals surface area contributed by atoms with Crippen LogP contribution < -0.4 is 4.74 Å². The first-order chi connectivity index (χ1) is 9.81. The second kappa shape index (κ2) is 6.29. The van der Waals surface area contributed by atoms with Crippen LogP contribution in [0.25, 0.3) is 0 Å². The molecule has 0 N–H and O–H groups in total. The molecule has 0 aliphatic carbocycles. The Hall–Kier alpha value is -1.52. The lowest BCUT2D eigenvalue weighted by Crippen LogP contribution is -2.20. The minimum atomic E-state index is 0.448. The molecule has 2 aromatic rings. The molecule has 1 aliphatic rings.